The fourth-order valence-electron chi connectivity index (χ4n) is 2.06. The van der Waals surface area contributed by atoms with Gasteiger partial charge in [0.2, 0.25) is 12.3 Å². The molecule has 1 aliphatic heterocycles. The van der Waals surface area contributed by atoms with Crippen molar-refractivity contribution in [3.63, 3.8) is 0 Å². The third kappa shape index (κ3) is 5.49. The highest BCUT2D eigenvalue weighted by Crippen LogP contribution is 2.01. The van der Waals surface area contributed by atoms with Crippen molar-refractivity contribution in [1.82, 2.24) is 15.1 Å². The molecule has 1 heterocycles. The standard InChI is InChI=1S/C13H25N3O2/c1-2-3-4-6-14-7-5-13(18)16-10-8-15(12-17)9-11-16/h12,14H,2-11H2,1H3. The first-order chi connectivity index (χ1) is 8.77. The minimum atomic E-state index is 0.198. The number of amides is 2. The molecule has 104 valence electrons. The lowest BCUT2D eigenvalue weighted by atomic mass is 10.2. The molecule has 0 atom stereocenters. The Morgan fingerprint density at radius 1 is 1.17 bits per heavy atom. The monoisotopic (exact) mass is 255 g/mol. The van der Waals surface area contributed by atoms with Crippen LogP contribution in [0.4, 0.5) is 0 Å². The van der Waals surface area contributed by atoms with Crippen LogP contribution in [0.2, 0.25) is 0 Å². The van der Waals surface area contributed by atoms with Gasteiger partial charge in [0.25, 0.3) is 0 Å². The van der Waals surface area contributed by atoms with Crippen LogP contribution in [-0.2, 0) is 9.59 Å². The third-order valence-electron chi connectivity index (χ3n) is 3.29. The van der Waals surface area contributed by atoms with E-state index in [1.54, 1.807) is 4.90 Å². The number of hydrogen-bond donors (Lipinski definition) is 1. The van der Waals surface area contributed by atoms with E-state index in [4.69, 9.17) is 0 Å². The quantitative estimate of drug-likeness (QED) is 0.506. The Kier molecular flexibility index (Phi) is 7.41. The van der Waals surface area contributed by atoms with E-state index >= 15 is 0 Å². The molecule has 1 N–H and O–H groups in total. The summed E-state index contributed by atoms with van der Waals surface area (Å²) >= 11 is 0. The Labute approximate surface area is 110 Å². The van der Waals surface area contributed by atoms with E-state index in [1.165, 1.54) is 19.3 Å². The van der Waals surface area contributed by atoms with Gasteiger partial charge in [-0.2, -0.15) is 0 Å². The zero-order chi connectivity index (χ0) is 13.2. The largest absolute Gasteiger partial charge is 0.342 e. The molecule has 0 aromatic rings. The van der Waals surface area contributed by atoms with Gasteiger partial charge in [0.05, 0.1) is 0 Å². The van der Waals surface area contributed by atoms with Crippen LogP contribution in [0, 0.1) is 0 Å². The summed E-state index contributed by atoms with van der Waals surface area (Å²) in [6.07, 6.45) is 5.07. The second-order valence-electron chi connectivity index (χ2n) is 4.73. The summed E-state index contributed by atoms with van der Waals surface area (Å²) in [7, 11) is 0. The molecule has 0 radical (unpaired) electrons. The Morgan fingerprint density at radius 2 is 1.89 bits per heavy atom. The van der Waals surface area contributed by atoms with E-state index in [2.05, 4.69) is 12.2 Å². The van der Waals surface area contributed by atoms with E-state index in [0.29, 0.717) is 32.6 Å². The molecule has 0 bridgehead atoms. The average molecular weight is 255 g/mol. The van der Waals surface area contributed by atoms with Gasteiger partial charge in [-0.15, -0.1) is 0 Å². The van der Waals surface area contributed by atoms with Gasteiger partial charge >= 0.3 is 0 Å². The Morgan fingerprint density at radius 3 is 2.50 bits per heavy atom. The van der Waals surface area contributed by atoms with Crippen molar-refractivity contribution >= 4 is 12.3 Å². The molecule has 0 aromatic carbocycles. The predicted molar refractivity (Wildman–Crippen MR) is 71.2 cm³/mol. The van der Waals surface area contributed by atoms with Gasteiger partial charge in [0, 0.05) is 39.1 Å². The molecular formula is C13H25N3O2. The molecule has 0 saturated carbocycles. The number of nitrogens with one attached hydrogen (secondary N) is 1. The molecular weight excluding hydrogens is 230 g/mol. The van der Waals surface area contributed by atoms with E-state index in [0.717, 1.165) is 19.5 Å². The summed E-state index contributed by atoms with van der Waals surface area (Å²) in [5.41, 5.74) is 0. The Hall–Kier alpha value is -1.10. The van der Waals surface area contributed by atoms with Crippen molar-refractivity contribution in [2.45, 2.75) is 32.6 Å². The molecule has 0 unspecified atom stereocenters. The molecule has 18 heavy (non-hydrogen) atoms. The topological polar surface area (TPSA) is 52.7 Å². The van der Waals surface area contributed by atoms with Crippen LogP contribution in [0.3, 0.4) is 0 Å². The molecule has 0 spiro atoms. The lowest BCUT2D eigenvalue weighted by Crippen LogP contribution is -2.48. The summed E-state index contributed by atoms with van der Waals surface area (Å²) in [5, 5.41) is 3.30. The first-order valence-electron chi connectivity index (χ1n) is 6.95. The van der Waals surface area contributed by atoms with Gasteiger partial charge in [0.1, 0.15) is 0 Å². The number of carbonyl (C=O) groups is 2. The molecule has 0 aromatic heterocycles. The van der Waals surface area contributed by atoms with Crippen LogP contribution >= 0.6 is 0 Å². The molecule has 1 fully saturated rings. The second-order valence-corrected chi connectivity index (χ2v) is 4.73. The van der Waals surface area contributed by atoms with Crippen molar-refractivity contribution < 1.29 is 9.59 Å². The zero-order valence-corrected chi connectivity index (χ0v) is 11.4. The van der Waals surface area contributed by atoms with Crippen LogP contribution in [0.15, 0.2) is 0 Å². The SMILES string of the molecule is CCCCCNCCC(=O)N1CCN(C=O)CC1. The van der Waals surface area contributed by atoms with E-state index in [1.807, 2.05) is 4.90 Å². The Balaban J connectivity index is 2.05. The van der Waals surface area contributed by atoms with Gasteiger partial charge in [0.15, 0.2) is 0 Å². The summed E-state index contributed by atoms with van der Waals surface area (Å²) in [4.78, 5) is 26.0. The van der Waals surface area contributed by atoms with Gasteiger partial charge in [-0.05, 0) is 13.0 Å². The zero-order valence-electron chi connectivity index (χ0n) is 11.4. The average Bonchev–Trinajstić information content (AvgIpc) is 2.42. The molecule has 5 heteroatoms. The fourth-order valence-corrected chi connectivity index (χ4v) is 2.06. The molecule has 1 saturated heterocycles. The number of nitrogens with zero attached hydrogens (tertiary/aromatic N) is 2. The number of hydrogen-bond acceptors (Lipinski definition) is 3. The smallest absolute Gasteiger partial charge is 0.223 e. The summed E-state index contributed by atoms with van der Waals surface area (Å²) in [6.45, 7) is 6.62. The molecule has 1 rings (SSSR count). The van der Waals surface area contributed by atoms with E-state index < -0.39 is 0 Å². The third-order valence-corrected chi connectivity index (χ3v) is 3.29. The minimum Gasteiger partial charge on any atom is -0.342 e. The maximum atomic E-state index is 11.9. The van der Waals surface area contributed by atoms with Crippen molar-refractivity contribution in [2.75, 3.05) is 39.3 Å². The fraction of sp³-hybridized carbons (Fsp3) is 0.846. The number of rotatable bonds is 8. The highest BCUT2D eigenvalue weighted by Gasteiger charge is 2.19. The first kappa shape index (κ1) is 15.0. The van der Waals surface area contributed by atoms with Crippen LogP contribution in [0.1, 0.15) is 32.6 Å². The Bertz CT molecular complexity index is 251. The van der Waals surface area contributed by atoms with Crippen molar-refractivity contribution in [2.24, 2.45) is 0 Å². The maximum Gasteiger partial charge on any atom is 0.223 e. The minimum absolute atomic E-state index is 0.198. The molecule has 2 amide bonds. The van der Waals surface area contributed by atoms with Crippen LogP contribution < -0.4 is 5.32 Å². The van der Waals surface area contributed by atoms with Crippen LogP contribution in [0.25, 0.3) is 0 Å². The van der Waals surface area contributed by atoms with Gasteiger partial charge < -0.3 is 15.1 Å². The molecule has 1 aliphatic rings. The lowest BCUT2D eigenvalue weighted by molar-refractivity contribution is -0.135. The second kappa shape index (κ2) is 8.91. The summed E-state index contributed by atoms with van der Waals surface area (Å²) < 4.78 is 0. The van der Waals surface area contributed by atoms with Crippen LogP contribution in [0.5, 0.6) is 0 Å². The van der Waals surface area contributed by atoms with Gasteiger partial charge in [-0.25, -0.2) is 0 Å². The van der Waals surface area contributed by atoms with Crippen LogP contribution in [-0.4, -0.2) is 61.4 Å². The summed E-state index contributed by atoms with van der Waals surface area (Å²) in [5.74, 6) is 0.198. The van der Waals surface area contributed by atoms with Crippen molar-refractivity contribution in [1.29, 1.82) is 0 Å². The van der Waals surface area contributed by atoms with Crippen molar-refractivity contribution in [3.05, 3.63) is 0 Å². The van der Waals surface area contributed by atoms with E-state index in [-0.39, 0.29) is 5.91 Å². The highest BCUT2D eigenvalue weighted by molar-refractivity contribution is 5.76. The summed E-state index contributed by atoms with van der Waals surface area (Å²) in [6, 6.07) is 0. The first-order valence-corrected chi connectivity index (χ1v) is 6.95. The maximum absolute atomic E-state index is 11.9. The number of unbranched alkanes of at least 4 members (excludes halogenated alkanes) is 2. The van der Waals surface area contributed by atoms with Gasteiger partial charge in [-0.3, -0.25) is 9.59 Å². The van der Waals surface area contributed by atoms with Crippen molar-refractivity contribution in [3.8, 4) is 0 Å². The lowest BCUT2D eigenvalue weighted by Gasteiger charge is -2.32. The molecule has 0 aliphatic carbocycles. The number of carbonyl (C=O) groups excluding carboxylic acids is 2. The molecule has 5 nitrogen and oxygen atoms in total. The van der Waals surface area contributed by atoms with Gasteiger partial charge in [-0.1, -0.05) is 19.8 Å². The predicted octanol–water partition coefficient (Wildman–Crippen LogP) is 0.457. The number of piperazine rings is 1. The van der Waals surface area contributed by atoms with E-state index in [9.17, 15) is 9.59 Å². The normalized spacial score (nSPS) is 15.8. The highest BCUT2D eigenvalue weighted by atomic mass is 16.2.